The summed E-state index contributed by atoms with van der Waals surface area (Å²) in [6, 6.07) is 11.1. The highest BCUT2D eigenvalue weighted by atomic mass is 16.6. The van der Waals surface area contributed by atoms with Crippen LogP contribution >= 0.6 is 0 Å². The van der Waals surface area contributed by atoms with Gasteiger partial charge in [-0.15, -0.1) is 0 Å². The topological polar surface area (TPSA) is 137 Å². The molecule has 2 aromatic rings. The zero-order valence-electron chi connectivity index (χ0n) is 13.6. The highest BCUT2D eigenvalue weighted by Gasteiger charge is 2.09. The van der Waals surface area contributed by atoms with Gasteiger partial charge in [0.2, 0.25) is 0 Å². The summed E-state index contributed by atoms with van der Waals surface area (Å²) in [5.74, 6) is -0.252. The van der Waals surface area contributed by atoms with Crippen molar-refractivity contribution in [1.29, 1.82) is 0 Å². The zero-order valence-corrected chi connectivity index (χ0v) is 13.6. The first kappa shape index (κ1) is 18.5. The molecule has 0 radical (unpaired) electrons. The van der Waals surface area contributed by atoms with E-state index in [4.69, 9.17) is 4.74 Å². The lowest BCUT2D eigenvalue weighted by Gasteiger charge is -2.05. The number of nitrogens with zero attached hydrogens (tertiary/aromatic N) is 3. The molecule has 0 aliphatic rings. The fraction of sp³-hybridized carbons (Fsp3) is 0.125. The van der Waals surface area contributed by atoms with Crippen LogP contribution in [-0.4, -0.2) is 28.1 Å². The molecule has 0 unspecified atom stereocenters. The highest BCUT2D eigenvalue weighted by Crippen LogP contribution is 2.17. The predicted octanol–water partition coefficient (Wildman–Crippen LogP) is 2.42. The van der Waals surface area contributed by atoms with E-state index in [0.717, 1.165) is 0 Å². The Balaban J connectivity index is 1.91. The van der Waals surface area contributed by atoms with Crippen molar-refractivity contribution >= 4 is 23.0 Å². The van der Waals surface area contributed by atoms with Crippen LogP contribution < -0.4 is 10.2 Å². The summed E-state index contributed by atoms with van der Waals surface area (Å²) in [6.45, 7) is 1.25. The summed E-state index contributed by atoms with van der Waals surface area (Å²) in [5, 5.41) is 25.2. The van der Waals surface area contributed by atoms with Gasteiger partial charge in [-0.3, -0.25) is 25.0 Å². The Bertz CT molecular complexity index is 863. The lowest BCUT2D eigenvalue weighted by Crippen LogP contribution is -2.25. The van der Waals surface area contributed by atoms with Crippen LogP contribution in [0.25, 0.3) is 0 Å². The molecule has 0 heterocycles. The average molecular weight is 358 g/mol. The van der Waals surface area contributed by atoms with Crippen molar-refractivity contribution < 1.29 is 19.4 Å². The molecule has 0 aliphatic heterocycles. The number of hydrogen-bond donors (Lipinski definition) is 1. The molecule has 0 spiro atoms. The first-order chi connectivity index (χ1) is 12.4. The van der Waals surface area contributed by atoms with E-state index in [0.29, 0.717) is 17.0 Å². The van der Waals surface area contributed by atoms with E-state index in [9.17, 15) is 25.0 Å². The maximum Gasteiger partial charge on any atom is 0.277 e. The second kappa shape index (κ2) is 8.33. The number of rotatable bonds is 7. The molecule has 0 bridgehead atoms. The monoisotopic (exact) mass is 358 g/mol. The molecule has 0 aromatic heterocycles. The van der Waals surface area contributed by atoms with E-state index >= 15 is 0 Å². The molecule has 134 valence electrons. The largest absolute Gasteiger partial charge is 0.484 e. The number of hydrogen-bond acceptors (Lipinski definition) is 7. The fourth-order valence-electron chi connectivity index (χ4n) is 1.90. The van der Waals surface area contributed by atoms with Crippen molar-refractivity contribution in [3.8, 4) is 5.75 Å². The van der Waals surface area contributed by atoms with Crippen LogP contribution in [-0.2, 0) is 4.79 Å². The molecule has 1 N–H and O–H groups in total. The van der Waals surface area contributed by atoms with Crippen molar-refractivity contribution in [2.75, 3.05) is 6.61 Å². The molecule has 1 amide bonds. The van der Waals surface area contributed by atoms with Crippen LogP contribution in [0.15, 0.2) is 53.6 Å². The Hall–Kier alpha value is -3.82. The standard InChI is InChI=1S/C16H14N4O6/c1-11(12-3-2-4-14(9-12)20(24)25)17-18-16(21)10-26-15-7-5-13(6-8-15)19(22)23/h2-9H,10H2,1H3,(H,18,21)/b17-11+. The van der Waals surface area contributed by atoms with Gasteiger partial charge < -0.3 is 4.74 Å². The van der Waals surface area contributed by atoms with Crippen molar-refractivity contribution in [3.05, 3.63) is 74.3 Å². The van der Waals surface area contributed by atoms with Crippen molar-refractivity contribution in [1.82, 2.24) is 5.43 Å². The fourth-order valence-corrected chi connectivity index (χ4v) is 1.90. The molecule has 26 heavy (non-hydrogen) atoms. The zero-order chi connectivity index (χ0) is 19.1. The normalized spacial score (nSPS) is 10.9. The van der Waals surface area contributed by atoms with Crippen LogP contribution in [0.1, 0.15) is 12.5 Å². The van der Waals surface area contributed by atoms with E-state index in [2.05, 4.69) is 10.5 Å². The lowest BCUT2D eigenvalue weighted by molar-refractivity contribution is -0.385. The third-order valence-electron chi connectivity index (χ3n) is 3.24. The molecular weight excluding hydrogens is 344 g/mol. The maximum atomic E-state index is 11.7. The van der Waals surface area contributed by atoms with Gasteiger partial charge in [0.15, 0.2) is 6.61 Å². The Morgan fingerprint density at radius 1 is 1.08 bits per heavy atom. The van der Waals surface area contributed by atoms with E-state index in [1.807, 2.05) is 0 Å². The molecule has 2 rings (SSSR count). The average Bonchev–Trinajstić information content (AvgIpc) is 2.64. The number of amides is 1. The molecule has 10 nitrogen and oxygen atoms in total. The first-order valence-electron chi connectivity index (χ1n) is 7.32. The lowest BCUT2D eigenvalue weighted by atomic mass is 10.1. The van der Waals surface area contributed by atoms with Crippen LogP contribution in [0.2, 0.25) is 0 Å². The number of nitro groups is 2. The van der Waals surface area contributed by atoms with Crippen LogP contribution in [0, 0.1) is 20.2 Å². The number of benzene rings is 2. The van der Waals surface area contributed by atoms with Gasteiger partial charge in [0, 0.05) is 29.8 Å². The van der Waals surface area contributed by atoms with Gasteiger partial charge >= 0.3 is 0 Å². The van der Waals surface area contributed by atoms with Crippen molar-refractivity contribution in [3.63, 3.8) is 0 Å². The quantitative estimate of drug-likeness (QED) is 0.458. The van der Waals surface area contributed by atoms with Crippen molar-refractivity contribution in [2.45, 2.75) is 6.92 Å². The molecule has 0 atom stereocenters. The molecule has 2 aromatic carbocycles. The molecule has 0 aliphatic carbocycles. The summed E-state index contributed by atoms with van der Waals surface area (Å²) in [5.41, 5.74) is 2.99. The predicted molar refractivity (Wildman–Crippen MR) is 92.0 cm³/mol. The Labute approximate surface area is 147 Å². The van der Waals surface area contributed by atoms with Crippen LogP contribution in [0.5, 0.6) is 5.75 Å². The Morgan fingerprint density at radius 2 is 1.73 bits per heavy atom. The number of carbonyl (C=O) groups excluding carboxylic acids is 1. The Morgan fingerprint density at radius 3 is 2.35 bits per heavy atom. The molecular formula is C16H14N4O6. The van der Waals surface area contributed by atoms with E-state index in [-0.39, 0.29) is 18.0 Å². The molecule has 10 heteroatoms. The van der Waals surface area contributed by atoms with Gasteiger partial charge in [0.05, 0.1) is 15.6 Å². The maximum absolute atomic E-state index is 11.7. The van der Waals surface area contributed by atoms with Crippen LogP contribution in [0.4, 0.5) is 11.4 Å². The smallest absolute Gasteiger partial charge is 0.277 e. The van der Waals surface area contributed by atoms with Gasteiger partial charge in [-0.05, 0) is 19.1 Å². The van der Waals surface area contributed by atoms with Gasteiger partial charge in [-0.2, -0.15) is 5.10 Å². The SMILES string of the molecule is C/C(=N\NC(=O)COc1ccc([N+](=O)[O-])cc1)c1cccc([N+](=O)[O-])c1. The van der Waals surface area contributed by atoms with E-state index in [1.165, 1.54) is 42.5 Å². The summed E-state index contributed by atoms with van der Waals surface area (Å²) < 4.78 is 5.20. The van der Waals surface area contributed by atoms with E-state index < -0.39 is 15.8 Å². The summed E-state index contributed by atoms with van der Waals surface area (Å²) >= 11 is 0. The minimum Gasteiger partial charge on any atom is -0.484 e. The van der Waals surface area contributed by atoms with Crippen LogP contribution in [0.3, 0.4) is 0 Å². The number of carbonyl (C=O) groups is 1. The second-order valence-electron chi connectivity index (χ2n) is 5.08. The number of non-ortho nitro benzene ring substituents is 2. The van der Waals surface area contributed by atoms with Gasteiger partial charge in [0.1, 0.15) is 5.75 Å². The molecule has 0 saturated carbocycles. The Kier molecular flexibility index (Phi) is 5.93. The van der Waals surface area contributed by atoms with Gasteiger partial charge in [-0.25, -0.2) is 5.43 Å². The number of nitrogens with one attached hydrogen (secondary N) is 1. The minimum absolute atomic E-state index is 0.0788. The summed E-state index contributed by atoms with van der Waals surface area (Å²) in [4.78, 5) is 32.0. The first-order valence-corrected chi connectivity index (χ1v) is 7.32. The highest BCUT2D eigenvalue weighted by molar-refractivity contribution is 5.99. The summed E-state index contributed by atoms with van der Waals surface area (Å²) in [7, 11) is 0. The van der Waals surface area contributed by atoms with E-state index in [1.54, 1.807) is 13.0 Å². The number of ether oxygens (including phenoxy) is 1. The molecule has 0 saturated heterocycles. The number of hydrazone groups is 1. The van der Waals surface area contributed by atoms with Gasteiger partial charge in [0.25, 0.3) is 17.3 Å². The minimum atomic E-state index is -0.548. The van der Waals surface area contributed by atoms with Gasteiger partial charge in [-0.1, -0.05) is 12.1 Å². The summed E-state index contributed by atoms with van der Waals surface area (Å²) in [6.07, 6.45) is 0. The third kappa shape index (κ3) is 5.09. The second-order valence-corrected chi connectivity index (χ2v) is 5.08. The number of nitro benzene ring substituents is 2. The molecule has 0 fully saturated rings. The van der Waals surface area contributed by atoms with Crippen molar-refractivity contribution in [2.24, 2.45) is 5.10 Å². The third-order valence-corrected chi connectivity index (χ3v) is 3.24.